The largest absolute Gasteiger partial charge is 0.504 e. The molecule has 0 saturated carbocycles. The molecule has 4 nitrogen and oxygen atoms in total. The van der Waals surface area contributed by atoms with Crippen LogP contribution in [-0.4, -0.2) is 29.6 Å². The highest BCUT2D eigenvalue weighted by molar-refractivity contribution is 6.31. The van der Waals surface area contributed by atoms with Crippen molar-refractivity contribution in [2.45, 2.75) is 13.0 Å². The lowest BCUT2D eigenvalue weighted by Crippen LogP contribution is -2.37. The molecule has 1 aliphatic rings. The number of carbonyl (C=O) groups is 1. The smallest absolute Gasteiger partial charge is 0.254 e. The average molecular weight is 318 g/mol. The van der Waals surface area contributed by atoms with Gasteiger partial charge in [-0.2, -0.15) is 0 Å². The number of halogens is 1. The van der Waals surface area contributed by atoms with Crippen LogP contribution >= 0.6 is 11.6 Å². The van der Waals surface area contributed by atoms with Crippen LogP contribution in [0.5, 0.6) is 11.5 Å². The molecule has 2 aromatic rings. The number of benzene rings is 2. The fourth-order valence-electron chi connectivity index (χ4n) is 2.69. The number of amides is 1. The van der Waals surface area contributed by atoms with E-state index in [4.69, 9.17) is 16.3 Å². The lowest BCUT2D eigenvalue weighted by molar-refractivity contribution is 0.0726. The zero-order chi connectivity index (χ0) is 15.7. The van der Waals surface area contributed by atoms with Crippen LogP contribution in [0.1, 0.15) is 21.5 Å². The zero-order valence-corrected chi connectivity index (χ0v) is 12.9. The molecule has 0 saturated heterocycles. The first-order valence-corrected chi connectivity index (χ1v) is 7.40. The molecule has 2 aromatic carbocycles. The third kappa shape index (κ3) is 2.62. The second-order valence-corrected chi connectivity index (χ2v) is 5.66. The lowest BCUT2D eigenvalue weighted by atomic mass is 9.97. The normalized spacial score (nSPS) is 13.9. The van der Waals surface area contributed by atoms with Crippen molar-refractivity contribution in [1.82, 2.24) is 4.90 Å². The van der Waals surface area contributed by atoms with Gasteiger partial charge in [-0.1, -0.05) is 29.8 Å². The van der Waals surface area contributed by atoms with E-state index in [2.05, 4.69) is 0 Å². The summed E-state index contributed by atoms with van der Waals surface area (Å²) in [5.41, 5.74) is 2.34. The van der Waals surface area contributed by atoms with Crippen molar-refractivity contribution in [3.63, 3.8) is 0 Å². The minimum Gasteiger partial charge on any atom is -0.504 e. The van der Waals surface area contributed by atoms with Crippen molar-refractivity contribution in [1.29, 1.82) is 0 Å². The number of fused-ring (bicyclic) bond motifs is 1. The van der Waals surface area contributed by atoms with E-state index in [0.29, 0.717) is 29.4 Å². The predicted octanol–water partition coefficient (Wildman–Crippen LogP) is 3.25. The molecule has 1 amide bonds. The fraction of sp³-hybridized carbons (Fsp3) is 0.235. The van der Waals surface area contributed by atoms with Crippen molar-refractivity contribution in [3.05, 3.63) is 58.1 Å². The predicted molar refractivity (Wildman–Crippen MR) is 84.6 cm³/mol. The van der Waals surface area contributed by atoms with Gasteiger partial charge in [0, 0.05) is 23.7 Å². The molecular formula is C17H16ClNO3. The molecule has 0 aromatic heterocycles. The van der Waals surface area contributed by atoms with E-state index in [1.807, 2.05) is 24.3 Å². The van der Waals surface area contributed by atoms with Gasteiger partial charge in [-0.3, -0.25) is 4.79 Å². The molecular weight excluding hydrogens is 302 g/mol. The molecule has 0 fully saturated rings. The first kappa shape index (κ1) is 14.7. The second kappa shape index (κ2) is 5.89. The maximum Gasteiger partial charge on any atom is 0.254 e. The Hall–Kier alpha value is -2.20. The topological polar surface area (TPSA) is 49.8 Å². The summed E-state index contributed by atoms with van der Waals surface area (Å²) in [6.45, 7) is 1.08. The molecule has 0 bridgehead atoms. The maximum absolute atomic E-state index is 12.6. The number of methoxy groups -OCH3 is 1. The minimum atomic E-state index is -0.0980. The van der Waals surface area contributed by atoms with Gasteiger partial charge in [-0.25, -0.2) is 0 Å². The van der Waals surface area contributed by atoms with Crippen molar-refractivity contribution in [2.75, 3.05) is 13.7 Å². The summed E-state index contributed by atoms with van der Waals surface area (Å²) in [7, 11) is 1.50. The number of hydrogen-bond donors (Lipinski definition) is 1. The number of carbonyl (C=O) groups excluding carboxylic acids is 1. The van der Waals surface area contributed by atoms with Gasteiger partial charge in [-0.05, 0) is 35.7 Å². The van der Waals surface area contributed by atoms with Gasteiger partial charge >= 0.3 is 0 Å². The van der Waals surface area contributed by atoms with Gasteiger partial charge in [0.2, 0.25) is 0 Å². The van der Waals surface area contributed by atoms with Crippen LogP contribution in [0.25, 0.3) is 0 Å². The highest BCUT2D eigenvalue weighted by atomic mass is 35.5. The molecule has 114 valence electrons. The number of nitrogens with zero attached hydrogens (tertiary/aromatic N) is 1. The maximum atomic E-state index is 12.6. The van der Waals surface area contributed by atoms with E-state index < -0.39 is 0 Å². The Balaban J connectivity index is 1.88. The molecule has 0 radical (unpaired) electrons. The number of ether oxygens (including phenoxy) is 1. The van der Waals surface area contributed by atoms with Gasteiger partial charge in [0.1, 0.15) is 0 Å². The standard InChI is InChI=1S/C17H16ClNO3/c1-22-16-8-11-6-7-19(17(21)13(11)9-15(16)20)10-12-4-2-3-5-14(12)18/h2-5,8-9,20H,6-7,10H2,1H3. The van der Waals surface area contributed by atoms with Crippen molar-refractivity contribution in [2.24, 2.45) is 0 Å². The lowest BCUT2D eigenvalue weighted by Gasteiger charge is -2.29. The highest BCUT2D eigenvalue weighted by Crippen LogP contribution is 2.33. The minimum absolute atomic E-state index is 0.0193. The molecule has 0 atom stereocenters. The number of phenols is 1. The Labute approximate surface area is 133 Å². The Morgan fingerprint density at radius 1 is 1.32 bits per heavy atom. The summed E-state index contributed by atoms with van der Waals surface area (Å²) in [6.07, 6.45) is 0.724. The zero-order valence-electron chi connectivity index (χ0n) is 12.2. The Bertz CT molecular complexity index is 730. The Morgan fingerprint density at radius 2 is 2.09 bits per heavy atom. The summed E-state index contributed by atoms with van der Waals surface area (Å²) in [5, 5.41) is 10.5. The summed E-state index contributed by atoms with van der Waals surface area (Å²) >= 11 is 6.16. The van der Waals surface area contributed by atoms with Crippen LogP contribution in [0.15, 0.2) is 36.4 Å². The molecule has 1 heterocycles. The summed E-state index contributed by atoms with van der Waals surface area (Å²) in [5.74, 6) is 0.277. The monoisotopic (exact) mass is 317 g/mol. The molecule has 1 aliphatic heterocycles. The molecule has 5 heteroatoms. The van der Waals surface area contributed by atoms with E-state index in [9.17, 15) is 9.90 Å². The van der Waals surface area contributed by atoms with E-state index in [1.54, 1.807) is 11.0 Å². The number of phenolic OH excluding ortho intramolecular Hbond substituents is 1. The van der Waals surface area contributed by atoms with Gasteiger partial charge in [0.25, 0.3) is 5.91 Å². The molecule has 22 heavy (non-hydrogen) atoms. The van der Waals surface area contributed by atoms with Crippen LogP contribution in [0.2, 0.25) is 5.02 Å². The van der Waals surface area contributed by atoms with E-state index in [-0.39, 0.29) is 11.7 Å². The van der Waals surface area contributed by atoms with Gasteiger partial charge in [-0.15, -0.1) is 0 Å². The third-order valence-electron chi connectivity index (χ3n) is 3.89. The Kier molecular flexibility index (Phi) is 3.94. The van der Waals surface area contributed by atoms with Crippen LogP contribution in [0, 0.1) is 0 Å². The number of rotatable bonds is 3. The molecule has 0 aliphatic carbocycles. The van der Waals surface area contributed by atoms with Crippen molar-refractivity contribution < 1.29 is 14.6 Å². The van der Waals surface area contributed by atoms with Crippen molar-refractivity contribution >= 4 is 17.5 Å². The van der Waals surface area contributed by atoms with Gasteiger partial charge in [0.15, 0.2) is 11.5 Å². The summed E-state index contributed by atoms with van der Waals surface area (Å²) in [4.78, 5) is 14.4. The van der Waals surface area contributed by atoms with Crippen molar-refractivity contribution in [3.8, 4) is 11.5 Å². The highest BCUT2D eigenvalue weighted by Gasteiger charge is 2.26. The third-order valence-corrected chi connectivity index (χ3v) is 4.26. The average Bonchev–Trinajstić information content (AvgIpc) is 2.52. The van der Waals surface area contributed by atoms with E-state index in [0.717, 1.165) is 17.5 Å². The SMILES string of the molecule is COc1cc2c(cc1O)C(=O)N(Cc1ccccc1Cl)CC2. The van der Waals surface area contributed by atoms with Crippen LogP contribution < -0.4 is 4.74 Å². The molecule has 3 rings (SSSR count). The number of aromatic hydroxyl groups is 1. The first-order valence-electron chi connectivity index (χ1n) is 7.02. The quantitative estimate of drug-likeness (QED) is 0.945. The summed E-state index contributed by atoms with van der Waals surface area (Å²) in [6, 6.07) is 10.7. The molecule has 0 spiro atoms. The fourth-order valence-corrected chi connectivity index (χ4v) is 2.89. The van der Waals surface area contributed by atoms with E-state index >= 15 is 0 Å². The van der Waals surface area contributed by atoms with Crippen LogP contribution in [-0.2, 0) is 13.0 Å². The van der Waals surface area contributed by atoms with Crippen LogP contribution in [0.3, 0.4) is 0 Å². The first-order chi connectivity index (χ1) is 10.6. The van der Waals surface area contributed by atoms with Gasteiger partial charge < -0.3 is 14.7 Å². The second-order valence-electron chi connectivity index (χ2n) is 5.25. The molecule has 1 N–H and O–H groups in total. The van der Waals surface area contributed by atoms with Crippen LogP contribution in [0.4, 0.5) is 0 Å². The number of hydrogen-bond acceptors (Lipinski definition) is 3. The summed E-state index contributed by atoms with van der Waals surface area (Å²) < 4.78 is 5.09. The Morgan fingerprint density at radius 3 is 2.82 bits per heavy atom. The van der Waals surface area contributed by atoms with Gasteiger partial charge in [0.05, 0.1) is 7.11 Å². The molecule has 0 unspecified atom stereocenters. The van der Waals surface area contributed by atoms with E-state index in [1.165, 1.54) is 13.2 Å².